The van der Waals surface area contributed by atoms with E-state index < -0.39 is 169 Å². The maximum absolute atomic E-state index is 17.9. The van der Waals surface area contributed by atoms with Gasteiger partial charge in [-0.1, -0.05) is 69.3 Å². The van der Waals surface area contributed by atoms with E-state index >= 15 is 19.2 Å². The SMILES string of the molecule is COC(C(C)(C)C(=O)n1nc(C2CN(S(=O)(=O)N3CCC(O)C3)C2C)nc1NCc1ccc(F)cc1)C(C(OC)C(C)(C)C(=O)n1nc(C2COCC2C)nc1N(C)Cc1ccc(F)cc1)(C(OC)C(C)(C)C(=O)n1nc(C2CC(O)N(C(=O)N3CCC(O)C3)C2C)nc1N(C)Cc1ccc(F)cc1)C(C)(C)C(=O)N1CCC(c2nc(OCc3ccc(F)cc3)n[nH]2)C1C. The molecule has 15 atom stereocenters. The lowest BCUT2D eigenvalue weighted by atomic mass is 9.45. The number of urea groups is 1. The summed E-state index contributed by atoms with van der Waals surface area (Å²) in [6.07, 6.45) is -8.18. The van der Waals surface area contributed by atoms with Crippen LogP contribution in [0, 0.1) is 56.3 Å². The summed E-state index contributed by atoms with van der Waals surface area (Å²) in [4.78, 5) is 113. The van der Waals surface area contributed by atoms with E-state index in [-0.39, 0.29) is 139 Å². The average molecular weight is 1820 g/mol. The number of H-pyrrole nitrogens is 1. The minimum Gasteiger partial charge on any atom is -0.458 e. The number of aromatic amines is 1. The van der Waals surface area contributed by atoms with Gasteiger partial charge in [-0.3, -0.25) is 29.2 Å². The molecule has 6 aliphatic heterocycles. The molecule has 5 N–H and O–H groups in total. The number of carbonyl (C=O) groups is 5. The Morgan fingerprint density at radius 3 is 1.50 bits per heavy atom. The van der Waals surface area contributed by atoms with Crippen molar-refractivity contribution in [1.82, 2.24) is 82.8 Å². The van der Waals surface area contributed by atoms with Gasteiger partial charge in [0.15, 0.2) is 17.5 Å². The van der Waals surface area contributed by atoms with Gasteiger partial charge in [0.2, 0.25) is 23.8 Å². The number of ether oxygens (including phenoxy) is 5. The van der Waals surface area contributed by atoms with Gasteiger partial charge >= 0.3 is 12.0 Å². The molecule has 0 spiro atoms. The fraction of sp³-hybridized carbons (Fsp3) is 0.584. The predicted molar refractivity (Wildman–Crippen MR) is 463 cm³/mol. The maximum Gasteiger partial charge on any atom is 0.335 e. The third kappa shape index (κ3) is 17.9. The maximum atomic E-state index is 17.9. The monoisotopic (exact) mass is 1810 g/mol. The molecule has 6 saturated heterocycles. The van der Waals surface area contributed by atoms with Gasteiger partial charge < -0.3 is 63.9 Å². The Morgan fingerprint density at radius 2 is 1.02 bits per heavy atom. The highest BCUT2D eigenvalue weighted by atomic mass is 32.2. The number of carbonyl (C=O) groups excluding carboxylic acids is 5. The smallest absolute Gasteiger partial charge is 0.335 e. The molecule has 40 heteroatoms. The van der Waals surface area contributed by atoms with Crippen LogP contribution >= 0.6 is 0 Å². The number of β-amino-alcohol motifs (C(OH)–C–C–N with tert-alkyl or cyclic N) is 2. The van der Waals surface area contributed by atoms with Crippen molar-refractivity contribution in [3.8, 4) is 6.01 Å². The fourth-order valence-corrected chi connectivity index (χ4v) is 22.1. The molecule has 4 aromatic heterocycles. The molecule has 4 aromatic carbocycles. The molecule has 8 aromatic rings. The van der Waals surface area contributed by atoms with Crippen LogP contribution in [0.2, 0.25) is 0 Å². The van der Waals surface area contributed by atoms with Gasteiger partial charge in [0.05, 0.1) is 70.1 Å². The average Bonchev–Trinajstić information content (AvgIpc) is 0.974. The number of aliphatic hydroxyl groups is 3. The molecule has 0 radical (unpaired) electrons. The van der Waals surface area contributed by atoms with Crippen molar-refractivity contribution >= 4 is 57.7 Å². The molecule has 0 saturated carbocycles. The quantitative estimate of drug-likeness (QED) is 0.0245. The standard InChI is InChI=1S/C89H118F4N20O15S/c1-50-47-127-49-67(50)72-98-83(105(14)43-56-22-30-60(92)31-23-56)113(103-72)78(119)87(9,10)75(126-17)89(88(11,12)79(120)108-39-36-64(51(108)2)69-96-81(100-99-69)128-48-57-24-32-61(93)33-25-57,73(124-15)85(5,6)76(117)111-80(94-41-54-18-26-58(90)27-19-54)95-71(101-111)66-46-109(52(66)3)129(122,123)107-38-35-63(115)45-107)74(125-16)86(7,8)77(118)112-82(104(13)42-55-20-28-59(91)29-21-55)97-70(102-112)65-40-68(116)110(53(65)4)84(121)106-37-34-62(114)44-106/h18-33,50-53,62-68,73-75,114-116H,34-49H2,1-17H3,(H,94,95,101)(H,96,99,100). The van der Waals surface area contributed by atoms with Gasteiger partial charge in [0, 0.05) is 143 Å². The lowest BCUT2D eigenvalue weighted by Crippen LogP contribution is -2.76. The summed E-state index contributed by atoms with van der Waals surface area (Å²) in [5.74, 6) is -7.84. The number of amides is 3. The van der Waals surface area contributed by atoms with Crippen LogP contribution in [0.3, 0.4) is 0 Å². The van der Waals surface area contributed by atoms with E-state index in [0.29, 0.717) is 41.1 Å². The number of aromatic nitrogens is 12. The van der Waals surface area contributed by atoms with E-state index in [9.17, 15) is 46.1 Å². The molecule has 3 amide bonds. The van der Waals surface area contributed by atoms with Crippen LogP contribution in [0.5, 0.6) is 6.01 Å². The van der Waals surface area contributed by atoms with E-state index in [2.05, 4.69) is 15.5 Å². The van der Waals surface area contributed by atoms with E-state index in [1.54, 1.807) is 121 Å². The molecule has 0 bridgehead atoms. The Labute approximate surface area is 747 Å². The topological polar surface area (TPSA) is 395 Å². The third-order valence-corrected chi connectivity index (χ3v) is 29.5. The molecule has 6 fully saturated rings. The number of halogens is 4. The normalized spacial score (nSPS) is 23.8. The number of methoxy groups -OCH3 is 3. The third-order valence-electron chi connectivity index (χ3n) is 27.5. The van der Waals surface area contributed by atoms with Crippen molar-refractivity contribution < 1.29 is 89.0 Å². The number of benzene rings is 4. The Morgan fingerprint density at radius 1 is 0.550 bits per heavy atom. The Bertz CT molecular complexity index is 5490. The molecular weight excluding hydrogens is 1700 g/mol. The molecular formula is C89H118F4N20O15S. The second-order valence-corrected chi connectivity index (χ2v) is 39.4. The second kappa shape index (κ2) is 37.2. The molecule has 10 heterocycles. The van der Waals surface area contributed by atoms with E-state index in [1.807, 2.05) is 13.8 Å². The summed E-state index contributed by atoms with van der Waals surface area (Å²) in [7, 11) is 3.09. The number of nitrogens with zero attached hydrogens (tertiary/aromatic N) is 18. The molecule has 129 heavy (non-hydrogen) atoms. The van der Waals surface area contributed by atoms with Gasteiger partial charge in [0.1, 0.15) is 41.9 Å². The van der Waals surface area contributed by atoms with Gasteiger partial charge in [-0.15, -0.1) is 20.4 Å². The predicted octanol–water partition coefficient (Wildman–Crippen LogP) is 8.99. The highest BCUT2D eigenvalue weighted by Crippen LogP contribution is 2.63. The number of hydrogen-bond acceptors (Lipinski definition) is 26. The molecule has 0 aliphatic carbocycles. The Kier molecular flexibility index (Phi) is 27.3. The number of nitrogens with one attached hydrogen (secondary N) is 2. The molecule has 15 unspecified atom stereocenters. The Balaban J connectivity index is 0.979. The zero-order chi connectivity index (χ0) is 93.2. The fourth-order valence-electron chi connectivity index (χ4n) is 20.2. The van der Waals surface area contributed by atoms with Crippen molar-refractivity contribution in [2.75, 3.05) is 103 Å². The first kappa shape index (κ1) is 94.8. The number of hydrogen-bond donors (Lipinski definition) is 5. The van der Waals surface area contributed by atoms with Crippen molar-refractivity contribution in [3.63, 3.8) is 0 Å². The van der Waals surface area contributed by atoms with Gasteiger partial charge in [-0.25, -0.2) is 22.4 Å². The van der Waals surface area contributed by atoms with Crippen molar-refractivity contribution in [3.05, 3.63) is 166 Å². The van der Waals surface area contributed by atoms with Crippen molar-refractivity contribution in [2.45, 2.75) is 214 Å². The van der Waals surface area contributed by atoms with E-state index in [4.69, 9.17) is 58.9 Å². The molecule has 35 nitrogen and oxygen atoms in total. The number of anilines is 3. The first-order chi connectivity index (χ1) is 61.0. The summed E-state index contributed by atoms with van der Waals surface area (Å²) in [6, 6.07) is 19.7. The molecule has 6 aliphatic rings. The van der Waals surface area contributed by atoms with Gasteiger partial charge in [-0.05, 0) is 158 Å². The van der Waals surface area contributed by atoms with Crippen LogP contribution in [0.4, 0.5) is 40.2 Å². The highest BCUT2D eigenvalue weighted by Gasteiger charge is 2.75. The van der Waals surface area contributed by atoms with Crippen molar-refractivity contribution in [2.24, 2.45) is 33.0 Å². The van der Waals surface area contributed by atoms with Crippen molar-refractivity contribution in [1.29, 1.82) is 0 Å². The van der Waals surface area contributed by atoms with Crippen LogP contribution in [0.25, 0.3) is 0 Å². The highest BCUT2D eigenvalue weighted by molar-refractivity contribution is 7.86. The summed E-state index contributed by atoms with van der Waals surface area (Å²) in [5, 5.41) is 59.1. The minimum atomic E-state index is -4.16. The van der Waals surface area contributed by atoms with Crippen LogP contribution in [-0.2, 0) is 60.2 Å². The van der Waals surface area contributed by atoms with E-state index in [1.165, 1.54) is 114 Å². The van der Waals surface area contributed by atoms with Gasteiger partial charge in [-0.2, -0.15) is 51.0 Å². The minimum absolute atomic E-state index is 0.00268. The number of likely N-dealkylation sites (tertiary alicyclic amines) is 3. The lowest BCUT2D eigenvalue weighted by Gasteiger charge is -2.64. The zero-order valence-electron chi connectivity index (χ0n) is 75.8. The first-order valence-electron chi connectivity index (χ1n) is 43.6. The second-order valence-electron chi connectivity index (χ2n) is 37.5. The zero-order valence-corrected chi connectivity index (χ0v) is 76.7. The van der Waals surface area contributed by atoms with Crippen LogP contribution in [0.15, 0.2) is 97.1 Å². The summed E-state index contributed by atoms with van der Waals surface area (Å²) in [6.45, 7) is 20.2. The Hall–Kier alpha value is -10.3. The molecule has 698 valence electrons. The van der Waals surface area contributed by atoms with Crippen LogP contribution in [-0.4, -0.2) is 279 Å². The summed E-state index contributed by atoms with van der Waals surface area (Å²) in [5.41, 5.74) is -9.16. The number of rotatable bonds is 32. The first-order valence-corrected chi connectivity index (χ1v) is 45.0. The van der Waals surface area contributed by atoms with Gasteiger partial charge in [0.25, 0.3) is 27.9 Å². The summed E-state index contributed by atoms with van der Waals surface area (Å²) < 4.78 is 127. The largest absolute Gasteiger partial charge is 0.458 e. The van der Waals surface area contributed by atoms with Crippen LogP contribution < -0.4 is 19.9 Å². The molecule has 14 rings (SSSR count). The van der Waals surface area contributed by atoms with E-state index in [0.717, 1.165) is 14.0 Å². The lowest BCUT2D eigenvalue weighted by molar-refractivity contribution is -0.269. The number of aliphatic hydroxyl groups excluding tert-OH is 3. The summed E-state index contributed by atoms with van der Waals surface area (Å²) >= 11 is 0. The van der Waals surface area contributed by atoms with Crippen LogP contribution in [0.1, 0.15) is 192 Å².